The van der Waals surface area contributed by atoms with E-state index in [1.165, 1.54) is 0 Å². The molecule has 52 heavy (non-hydrogen) atoms. The number of nitrogens with zero attached hydrogens (tertiary/aromatic N) is 3. The SMILES string of the molecule is CCC(C)(CC(C)c1ccc(COc2ccc(-c3nc(N)nc(N)n3)cc2)cc1)C(=O)OCC(O)COP1(=O)Oc2ccccc2-c2ccccc21. The standard InChI is InChI=1S/C39H42N5O7P/c1-4-39(3,36(46)49-23-29(45)24-50-52(47)34-12-8-6-10-32(34)31-9-5-7-11-33(31)51-52)21-25(2)27-15-13-26(14-16-27)22-48-30-19-17-28(18-20-30)35-42-37(40)44-38(41)43-35/h5-20,25,29,45H,4,21-24H2,1-3H3,(H4,40,41,42,43,44). The molecule has 1 aliphatic heterocycles. The number of esters is 1. The normalized spacial score (nSPS) is 17.1. The van der Waals surface area contributed by atoms with Crippen LogP contribution < -0.4 is 26.0 Å². The first-order chi connectivity index (χ1) is 25.0. The van der Waals surface area contributed by atoms with Gasteiger partial charge in [-0.25, -0.2) is 4.57 Å². The number of para-hydroxylation sites is 1. The van der Waals surface area contributed by atoms with Crippen molar-refractivity contribution >= 4 is 30.8 Å². The first-order valence-electron chi connectivity index (χ1n) is 17.0. The number of carbonyl (C=O) groups is 1. The zero-order valence-electron chi connectivity index (χ0n) is 29.3. The lowest BCUT2D eigenvalue weighted by molar-refractivity contribution is -0.159. The van der Waals surface area contributed by atoms with Crippen LogP contribution >= 0.6 is 7.60 Å². The van der Waals surface area contributed by atoms with Gasteiger partial charge >= 0.3 is 13.6 Å². The summed E-state index contributed by atoms with van der Waals surface area (Å²) in [7, 11) is -3.79. The number of nitrogen functional groups attached to an aromatic ring is 2. The molecule has 5 aromatic rings. The van der Waals surface area contributed by atoms with Crippen LogP contribution in [0, 0.1) is 5.41 Å². The zero-order chi connectivity index (χ0) is 36.9. The van der Waals surface area contributed by atoms with Crippen molar-refractivity contribution in [1.82, 2.24) is 15.0 Å². The molecule has 0 amide bonds. The molecule has 0 radical (unpaired) electrons. The highest BCUT2D eigenvalue weighted by molar-refractivity contribution is 7.63. The van der Waals surface area contributed by atoms with E-state index in [9.17, 15) is 14.5 Å². The van der Waals surface area contributed by atoms with Crippen molar-refractivity contribution in [2.75, 3.05) is 24.7 Å². The largest absolute Gasteiger partial charge is 0.489 e. The predicted octanol–water partition coefficient (Wildman–Crippen LogP) is 6.69. The molecule has 0 spiro atoms. The summed E-state index contributed by atoms with van der Waals surface area (Å²) >= 11 is 0. The van der Waals surface area contributed by atoms with Crippen LogP contribution in [0.2, 0.25) is 0 Å². The van der Waals surface area contributed by atoms with Gasteiger partial charge in [-0.1, -0.05) is 74.5 Å². The highest BCUT2D eigenvalue weighted by Crippen LogP contribution is 2.55. The number of hydrogen-bond donors (Lipinski definition) is 3. The molecule has 4 atom stereocenters. The Labute approximate surface area is 302 Å². The molecule has 1 aromatic heterocycles. The topological polar surface area (TPSA) is 182 Å². The van der Waals surface area contributed by atoms with E-state index in [2.05, 4.69) is 21.9 Å². The third-order valence-corrected chi connectivity index (χ3v) is 11.1. The lowest BCUT2D eigenvalue weighted by atomic mass is 9.77. The molecule has 1 aliphatic rings. The molecule has 2 heterocycles. The molecule has 4 aromatic carbocycles. The molecule has 270 valence electrons. The molecule has 0 saturated heterocycles. The number of fused-ring (bicyclic) bond motifs is 3. The van der Waals surface area contributed by atoms with Crippen LogP contribution in [0.25, 0.3) is 22.5 Å². The fraction of sp³-hybridized carbons (Fsp3) is 0.282. The van der Waals surface area contributed by atoms with Gasteiger partial charge in [-0.05, 0) is 73.2 Å². The summed E-state index contributed by atoms with van der Waals surface area (Å²) in [6, 6.07) is 29.9. The monoisotopic (exact) mass is 723 g/mol. The van der Waals surface area contributed by atoms with E-state index >= 15 is 0 Å². The summed E-state index contributed by atoms with van der Waals surface area (Å²) in [6.45, 7) is 5.60. The lowest BCUT2D eigenvalue weighted by Crippen LogP contribution is -2.34. The van der Waals surface area contributed by atoms with Crippen LogP contribution in [-0.4, -0.2) is 45.3 Å². The van der Waals surface area contributed by atoms with Crippen LogP contribution in [0.1, 0.15) is 50.7 Å². The van der Waals surface area contributed by atoms with Crippen molar-refractivity contribution in [2.45, 2.75) is 52.2 Å². The van der Waals surface area contributed by atoms with Gasteiger partial charge in [-0.3, -0.25) is 9.32 Å². The minimum atomic E-state index is -3.79. The van der Waals surface area contributed by atoms with E-state index < -0.39 is 25.1 Å². The maximum Gasteiger partial charge on any atom is 0.411 e. The molecule has 4 unspecified atom stereocenters. The van der Waals surface area contributed by atoms with Crippen molar-refractivity contribution in [2.24, 2.45) is 5.41 Å². The number of rotatable bonds is 14. The Balaban J connectivity index is 0.985. The first kappa shape index (κ1) is 36.5. The van der Waals surface area contributed by atoms with Crippen molar-refractivity contribution in [1.29, 1.82) is 0 Å². The molecule has 0 bridgehead atoms. The first-order valence-corrected chi connectivity index (χ1v) is 18.6. The van der Waals surface area contributed by atoms with E-state index in [-0.39, 0.29) is 31.0 Å². The second kappa shape index (κ2) is 15.5. The number of benzene rings is 4. The third kappa shape index (κ3) is 8.26. The van der Waals surface area contributed by atoms with Crippen LogP contribution in [0.4, 0.5) is 11.9 Å². The average molecular weight is 724 g/mol. The highest BCUT2D eigenvalue weighted by atomic mass is 31.2. The Bertz CT molecular complexity index is 2060. The molecule has 5 N–H and O–H groups in total. The summed E-state index contributed by atoms with van der Waals surface area (Å²) in [5.74, 6) is 1.25. The summed E-state index contributed by atoms with van der Waals surface area (Å²) in [6.07, 6.45) is -0.126. The summed E-state index contributed by atoms with van der Waals surface area (Å²) < 4.78 is 37.0. The van der Waals surface area contributed by atoms with E-state index in [1.807, 2.05) is 86.6 Å². The summed E-state index contributed by atoms with van der Waals surface area (Å²) in [5, 5.41) is 11.1. The Morgan fingerprint density at radius 2 is 1.54 bits per heavy atom. The fourth-order valence-corrected chi connectivity index (χ4v) is 7.91. The smallest absolute Gasteiger partial charge is 0.411 e. The van der Waals surface area contributed by atoms with Crippen LogP contribution in [0.5, 0.6) is 11.5 Å². The molecule has 0 fully saturated rings. The number of aromatic nitrogens is 3. The number of anilines is 2. The van der Waals surface area contributed by atoms with Gasteiger partial charge in [-0.15, -0.1) is 0 Å². The number of aliphatic hydroxyl groups is 1. The Hall–Kier alpha value is -5.29. The number of ether oxygens (including phenoxy) is 2. The Kier molecular flexibility index (Phi) is 10.9. The van der Waals surface area contributed by atoms with E-state index in [1.54, 1.807) is 24.3 Å². The molecular formula is C39H42N5O7P. The van der Waals surface area contributed by atoms with Gasteiger partial charge in [-0.2, -0.15) is 15.0 Å². The second-order valence-electron chi connectivity index (χ2n) is 13.1. The molecule has 6 rings (SSSR count). The number of carbonyl (C=O) groups excluding carboxylic acids is 1. The van der Waals surface area contributed by atoms with Gasteiger partial charge in [0.1, 0.15) is 30.8 Å². The van der Waals surface area contributed by atoms with Crippen LogP contribution in [0.3, 0.4) is 0 Å². The second-order valence-corrected chi connectivity index (χ2v) is 15.0. The van der Waals surface area contributed by atoms with Gasteiger partial charge in [0.25, 0.3) is 0 Å². The Morgan fingerprint density at radius 3 is 2.23 bits per heavy atom. The fourth-order valence-electron chi connectivity index (χ4n) is 6.08. The maximum absolute atomic E-state index is 13.8. The number of hydrogen-bond acceptors (Lipinski definition) is 12. The average Bonchev–Trinajstić information content (AvgIpc) is 3.15. The van der Waals surface area contributed by atoms with E-state index in [0.29, 0.717) is 42.1 Å². The highest BCUT2D eigenvalue weighted by Gasteiger charge is 2.39. The molecule has 0 aliphatic carbocycles. The molecule has 12 nitrogen and oxygen atoms in total. The molecular weight excluding hydrogens is 681 g/mol. The molecule has 13 heteroatoms. The van der Waals surface area contributed by atoms with Crippen molar-refractivity contribution < 1.29 is 33.0 Å². The number of aliphatic hydroxyl groups excluding tert-OH is 1. The van der Waals surface area contributed by atoms with Crippen molar-refractivity contribution in [3.63, 3.8) is 0 Å². The van der Waals surface area contributed by atoms with E-state index in [0.717, 1.165) is 27.8 Å². The quantitative estimate of drug-likeness (QED) is 0.0817. The van der Waals surface area contributed by atoms with Crippen LogP contribution in [-0.2, 0) is 25.2 Å². The van der Waals surface area contributed by atoms with Gasteiger partial charge in [0, 0.05) is 16.7 Å². The van der Waals surface area contributed by atoms with Gasteiger partial charge in [0.2, 0.25) is 11.9 Å². The molecule has 0 saturated carbocycles. The Morgan fingerprint density at radius 1 is 0.885 bits per heavy atom. The maximum atomic E-state index is 13.8. The number of nitrogens with two attached hydrogens (primary N) is 2. The van der Waals surface area contributed by atoms with E-state index in [4.69, 9.17) is 30.0 Å². The minimum absolute atomic E-state index is 0.0447. The van der Waals surface area contributed by atoms with Gasteiger partial charge in [0.05, 0.1) is 17.3 Å². The zero-order valence-corrected chi connectivity index (χ0v) is 30.2. The third-order valence-electron chi connectivity index (χ3n) is 9.21. The van der Waals surface area contributed by atoms with Crippen molar-refractivity contribution in [3.8, 4) is 34.0 Å². The lowest BCUT2D eigenvalue weighted by Gasteiger charge is -2.30. The van der Waals surface area contributed by atoms with Crippen LogP contribution in [0.15, 0.2) is 97.1 Å². The van der Waals surface area contributed by atoms with Gasteiger partial charge < -0.3 is 30.6 Å². The summed E-state index contributed by atoms with van der Waals surface area (Å²) in [4.78, 5) is 25.4. The van der Waals surface area contributed by atoms with Gasteiger partial charge in [0.15, 0.2) is 5.82 Å². The predicted molar refractivity (Wildman–Crippen MR) is 199 cm³/mol. The van der Waals surface area contributed by atoms with Crippen molar-refractivity contribution in [3.05, 3.63) is 108 Å². The summed E-state index contributed by atoms with van der Waals surface area (Å²) in [5.41, 5.74) is 14.9. The minimum Gasteiger partial charge on any atom is -0.489 e.